The number of thiophene rings is 1. The van der Waals surface area contributed by atoms with Crippen molar-refractivity contribution in [3.8, 4) is 10.6 Å². The van der Waals surface area contributed by atoms with Crippen LogP contribution in [0.4, 0.5) is 5.69 Å². The molecule has 0 saturated heterocycles. The second-order valence-electron chi connectivity index (χ2n) is 3.85. The average Bonchev–Trinajstić information content (AvgIpc) is 3.11. The number of nitrogens with one attached hydrogen (secondary N) is 1. The summed E-state index contributed by atoms with van der Waals surface area (Å²) in [5.41, 5.74) is 0.619. The number of pyridine rings is 1. The third kappa shape index (κ3) is 2.56. The molecule has 7 heteroatoms. The van der Waals surface area contributed by atoms with E-state index in [1.807, 2.05) is 17.5 Å². The van der Waals surface area contributed by atoms with Crippen LogP contribution < -0.4 is 5.32 Å². The van der Waals surface area contributed by atoms with E-state index < -0.39 is 5.91 Å². The van der Waals surface area contributed by atoms with Gasteiger partial charge in [0.2, 0.25) is 0 Å². The highest BCUT2D eigenvalue weighted by Gasteiger charge is 2.15. The lowest BCUT2D eigenvalue weighted by Gasteiger charge is -2.03. The number of rotatable bonds is 3. The van der Waals surface area contributed by atoms with E-state index >= 15 is 0 Å². The first-order chi connectivity index (χ1) is 9.74. The first-order valence-corrected chi connectivity index (χ1v) is 6.92. The monoisotopic (exact) mass is 305 g/mol. The minimum Gasteiger partial charge on any atom is -0.355 e. The largest absolute Gasteiger partial charge is 0.355 e. The molecular formula is C13H8ClN3O2S. The zero-order chi connectivity index (χ0) is 13.9. The number of hydrogen-bond donors (Lipinski definition) is 1. The molecule has 0 aromatic carbocycles. The van der Waals surface area contributed by atoms with Crippen LogP contribution in [0.25, 0.3) is 10.6 Å². The predicted molar refractivity (Wildman–Crippen MR) is 77.0 cm³/mol. The fraction of sp³-hybridized carbons (Fsp3) is 0. The number of carbonyl (C=O) groups is 1. The zero-order valence-corrected chi connectivity index (χ0v) is 11.6. The van der Waals surface area contributed by atoms with E-state index in [0.29, 0.717) is 11.4 Å². The molecule has 1 N–H and O–H groups in total. The van der Waals surface area contributed by atoms with Gasteiger partial charge in [-0.2, -0.15) is 0 Å². The Bertz CT molecular complexity index is 740. The van der Waals surface area contributed by atoms with E-state index in [0.717, 1.165) is 4.88 Å². The maximum Gasteiger partial charge on any atom is 0.277 e. The van der Waals surface area contributed by atoms with Crippen molar-refractivity contribution in [2.24, 2.45) is 0 Å². The van der Waals surface area contributed by atoms with Crippen LogP contribution in [0, 0.1) is 0 Å². The van der Waals surface area contributed by atoms with Gasteiger partial charge in [-0.1, -0.05) is 22.8 Å². The van der Waals surface area contributed by atoms with Crippen molar-refractivity contribution < 1.29 is 9.32 Å². The Kier molecular flexibility index (Phi) is 3.49. The van der Waals surface area contributed by atoms with Crippen LogP contribution in [-0.4, -0.2) is 16.0 Å². The minimum atomic E-state index is -0.397. The summed E-state index contributed by atoms with van der Waals surface area (Å²) >= 11 is 7.39. The molecule has 20 heavy (non-hydrogen) atoms. The second-order valence-corrected chi connectivity index (χ2v) is 5.16. The Labute approximate surface area is 123 Å². The maximum atomic E-state index is 12.0. The van der Waals surface area contributed by atoms with Crippen LogP contribution >= 0.6 is 22.9 Å². The molecular weight excluding hydrogens is 298 g/mol. The highest BCUT2D eigenvalue weighted by molar-refractivity contribution is 7.13. The summed E-state index contributed by atoms with van der Waals surface area (Å²) < 4.78 is 5.15. The van der Waals surface area contributed by atoms with Gasteiger partial charge in [0.1, 0.15) is 0 Å². The van der Waals surface area contributed by atoms with E-state index in [9.17, 15) is 4.79 Å². The van der Waals surface area contributed by atoms with Gasteiger partial charge in [-0.15, -0.1) is 11.3 Å². The van der Waals surface area contributed by atoms with Gasteiger partial charge in [0.25, 0.3) is 5.91 Å². The summed E-state index contributed by atoms with van der Waals surface area (Å²) in [5.74, 6) is 0.161. The molecule has 0 aliphatic carbocycles. The number of hydrogen-bond acceptors (Lipinski definition) is 5. The van der Waals surface area contributed by atoms with Gasteiger partial charge in [0.05, 0.1) is 10.6 Å². The SMILES string of the molecule is O=C(Nc1cccnc1Cl)c1cc(-c2cccs2)on1. The van der Waals surface area contributed by atoms with Gasteiger partial charge in [0.15, 0.2) is 16.6 Å². The Morgan fingerprint density at radius 3 is 3.00 bits per heavy atom. The maximum absolute atomic E-state index is 12.0. The van der Waals surface area contributed by atoms with Gasteiger partial charge in [-0.25, -0.2) is 4.98 Å². The van der Waals surface area contributed by atoms with E-state index in [1.165, 1.54) is 11.3 Å². The van der Waals surface area contributed by atoms with E-state index in [2.05, 4.69) is 15.5 Å². The highest BCUT2D eigenvalue weighted by atomic mass is 35.5. The third-order valence-electron chi connectivity index (χ3n) is 2.51. The van der Waals surface area contributed by atoms with E-state index in [1.54, 1.807) is 24.4 Å². The highest BCUT2D eigenvalue weighted by Crippen LogP contribution is 2.25. The number of carbonyl (C=O) groups excluding carboxylic acids is 1. The fourth-order valence-electron chi connectivity index (χ4n) is 1.58. The third-order valence-corrected chi connectivity index (χ3v) is 3.70. The van der Waals surface area contributed by atoms with Crippen LogP contribution in [0.1, 0.15) is 10.5 Å². The minimum absolute atomic E-state index is 0.188. The van der Waals surface area contributed by atoms with Crippen LogP contribution in [0.2, 0.25) is 5.15 Å². The number of halogens is 1. The van der Waals surface area contributed by atoms with Gasteiger partial charge < -0.3 is 9.84 Å². The molecule has 1 amide bonds. The van der Waals surface area contributed by atoms with Crippen molar-refractivity contribution in [1.29, 1.82) is 0 Å². The molecule has 0 spiro atoms. The van der Waals surface area contributed by atoms with Crippen LogP contribution in [0.3, 0.4) is 0 Å². The number of nitrogens with zero attached hydrogens (tertiary/aromatic N) is 2. The summed E-state index contributed by atoms with van der Waals surface area (Å²) in [6.45, 7) is 0. The second kappa shape index (κ2) is 5.44. The lowest BCUT2D eigenvalue weighted by molar-refractivity contribution is 0.101. The predicted octanol–water partition coefficient (Wildman–Crippen LogP) is 3.70. The summed E-state index contributed by atoms with van der Waals surface area (Å²) in [6, 6.07) is 8.73. The van der Waals surface area contributed by atoms with Crippen molar-refractivity contribution in [2.45, 2.75) is 0 Å². The molecule has 0 unspecified atom stereocenters. The molecule has 0 fully saturated rings. The smallest absolute Gasteiger partial charge is 0.277 e. The molecule has 3 rings (SSSR count). The molecule has 3 aromatic rings. The molecule has 100 valence electrons. The lowest BCUT2D eigenvalue weighted by Crippen LogP contribution is -2.12. The van der Waals surface area contributed by atoms with Gasteiger partial charge in [0, 0.05) is 12.3 Å². The van der Waals surface area contributed by atoms with Gasteiger partial charge >= 0.3 is 0 Å². The molecule has 0 aliphatic heterocycles. The Hall–Kier alpha value is -2.18. The first-order valence-electron chi connectivity index (χ1n) is 5.66. The quantitative estimate of drug-likeness (QED) is 0.749. The molecule has 0 bridgehead atoms. The molecule has 0 radical (unpaired) electrons. The summed E-state index contributed by atoms with van der Waals surface area (Å²) in [7, 11) is 0. The van der Waals surface area contributed by atoms with E-state index in [4.69, 9.17) is 16.1 Å². The van der Waals surface area contributed by atoms with Crippen molar-refractivity contribution in [2.75, 3.05) is 5.32 Å². The Morgan fingerprint density at radius 2 is 2.25 bits per heavy atom. The zero-order valence-electron chi connectivity index (χ0n) is 10.0. The topological polar surface area (TPSA) is 68.0 Å². The van der Waals surface area contributed by atoms with Crippen molar-refractivity contribution in [1.82, 2.24) is 10.1 Å². The fourth-order valence-corrected chi connectivity index (χ4v) is 2.42. The molecule has 3 heterocycles. The summed E-state index contributed by atoms with van der Waals surface area (Å²) in [5, 5.41) is 8.54. The van der Waals surface area contributed by atoms with E-state index in [-0.39, 0.29) is 10.8 Å². The van der Waals surface area contributed by atoms with Gasteiger partial charge in [-0.3, -0.25) is 4.79 Å². The molecule has 0 saturated carbocycles. The lowest BCUT2D eigenvalue weighted by atomic mass is 10.3. The standard InChI is InChI=1S/C13H8ClN3O2S/c14-12-8(3-1-5-15-12)16-13(18)9-7-10(19-17-9)11-4-2-6-20-11/h1-7H,(H,16,18). The normalized spacial score (nSPS) is 10.4. The van der Waals surface area contributed by atoms with Crippen molar-refractivity contribution in [3.05, 3.63) is 52.8 Å². The van der Waals surface area contributed by atoms with Crippen molar-refractivity contribution >= 4 is 34.5 Å². The van der Waals surface area contributed by atoms with Gasteiger partial charge in [-0.05, 0) is 23.6 Å². The molecule has 0 atom stereocenters. The van der Waals surface area contributed by atoms with Crippen LogP contribution in [0.5, 0.6) is 0 Å². The first kappa shape index (κ1) is 12.8. The number of anilines is 1. The van der Waals surface area contributed by atoms with Crippen molar-refractivity contribution in [3.63, 3.8) is 0 Å². The van der Waals surface area contributed by atoms with Crippen LogP contribution in [-0.2, 0) is 0 Å². The van der Waals surface area contributed by atoms with Crippen LogP contribution in [0.15, 0.2) is 46.4 Å². The Balaban J connectivity index is 1.80. The molecule has 0 aliphatic rings. The Morgan fingerprint density at radius 1 is 1.35 bits per heavy atom. The number of aromatic nitrogens is 2. The summed E-state index contributed by atoms with van der Waals surface area (Å²) in [6.07, 6.45) is 1.54. The molecule has 5 nitrogen and oxygen atoms in total. The average molecular weight is 306 g/mol. The summed E-state index contributed by atoms with van der Waals surface area (Å²) in [4.78, 5) is 16.8. The molecule has 3 aromatic heterocycles. The number of amides is 1.